The standard InChI is InChI=1S/C17H18O2/c1-2-19-12-17(11-18)15-9-5-3-7-13(15)14-8-4-6-10-16(14)17/h3-10,18H,2,11-12H2,1H3. The van der Waals surface area contributed by atoms with E-state index >= 15 is 0 Å². The second-order valence-corrected chi connectivity index (χ2v) is 4.97. The van der Waals surface area contributed by atoms with Crippen LogP contribution >= 0.6 is 0 Å². The van der Waals surface area contributed by atoms with Gasteiger partial charge in [-0.3, -0.25) is 0 Å². The molecule has 2 aromatic rings. The summed E-state index contributed by atoms with van der Waals surface area (Å²) in [6.07, 6.45) is 0. The second-order valence-electron chi connectivity index (χ2n) is 4.97. The average molecular weight is 254 g/mol. The summed E-state index contributed by atoms with van der Waals surface area (Å²) in [5.74, 6) is 0. The molecule has 3 rings (SSSR count). The largest absolute Gasteiger partial charge is 0.395 e. The molecule has 0 bridgehead atoms. The Balaban J connectivity index is 2.23. The van der Waals surface area contributed by atoms with Gasteiger partial charge in [0.1, 0.15) is 0 Å². The fraction of sp³-hybridized carbons (Fsp3) is 0.294. The van der Waals surface area contributed by atoms with Crippen molar-refractivity contribution in [1.29, 1.82) is 0 Å². The van der Waals surface area contributed by atoms with E-state index in [2.05, 4.69) is 24.3 Å². The number of rotatable bonds is 4. The minimum absolute atomic E-state index is 0.0705. The smallest absolute Gasteiger partial charge is 0.0678 e. The molecule has 98 valence electrons. The van der Waals surface area contributed by atoms with Crippen molar-refractivity contribution < 1.29 is 9.84 Å². The average Bonchev–Trinajstić information content (AvgIpc) is 2.77. The third-order valence-corrected chi connectivity index (χ3v) is 4.00. The molecule has 0 unspecified atom stereocenters. The first-order chi connectivity index (χ1) is 9.33. The van der Waals surface area contributed by atoms with Crippen LogP contribution < -0.4 is 0 Å². The predicted octanol–water partition coefficient (Wildman–Crippen LogP) is 2.98. The van der Waals surface area contributed by atoms with Gasteiger partial charge in [0.25, 0.3) is 0 Å². The number of benzene rings is 2. The predicted molar refractivity (Wildman–Crippen MR) is 76.2 cm³/mol. The van der Waals surface area contributed by atoms with Gasteiger partial charge in [0.15, 0.2) is 0 Å². The van der Waals surface area contributed by atoms with Crippen LogP contribution in [0.5, 0.6) is 0 Å². The van der Waals surface area contributed by atoms with Crippen LogP contribution in [0.4, 0.5) is 0 Å². The number of hydrogen-bond donors (Lipinski definition) is 1. The zero-order chi connectivity index (χ0) is 13.3. The van der Waals surface area contributed by atoms with Crippen LogP contribution in [-0.2, 0) is 10.2 Å². The maximum atomic E-state index is 10.1. The molecule has 2 heteroatoms. The molecule has 2 aromatic carbocycles. The molecule has 2 nitrogen and oxygen atoms in total. The van der Waals surface area contributed by atoms with E-state index in [9.17, 15) is 5.11 Å². The minimum Gasteiger partial charge on any atom is -0.395 e. The van der Waals surface area contributed by atoms with E-state index in [4.69, 9.17) is 4.74 Å². The van der Waals surface area contributed by atoms with E-state index in [0.717, 1.165) is 0 Å². The van der Waals surface area contributed by atoms with E-state index in [1.54, 1.807) is 0 Å². The van der Waals surface area contributed by atoms with E-state index in [-0.39, 0.29) is 6.61 Å². The Labute approximate surface area is 113 Å². The Morgan fingerprint density at radius 3 is 1.95 bits per heavy atom. The third kappa shape index (κ3) is 1.71. The summed E-state index contributed by atoms with van der Waals surface area (Å²) < 4.78 is 5.67. The molecule has 1 aliphatic carbocycles. The summed E-state index contributed by atoms with van der Waals surface area (Å²) >= 11 is 0. The topological polar surface area (TPSA) is 29.5 Å². The summed E-state index contributed by atoms with van der Waals surface area (Å²) in [4.78, 5) is 0. The molecule has 0 aliphatic heterocycles. The Morgan fingerprint density at radius 2 is 1.47 bits per heavy atom. The van der Waals surface area contributed by atoms with Gasteiger partial charge >= 0.3 is 0 Å². The fourth-order valence-electron chi connectivity index (χ4n) is 3.06. The van der Waals surface area contributed by atoms with Crippen molar-refractivity contribution in [2.24, 2.45) is 0 Å². The number of aliphatic hydroxyl groups excluding tert-OH is 1. The zero-order valence-electron chi connectivity index (χ0n) is 11.1. The number of ether oxygens (including phenoxy) is 1. The fourth-order valence-corrected chi connectivity index (χ4v) is 3.06. The van der Waals surface area contributed by atoms with E-state index < -0.39 is 5.41 Å². The van der Waals surface area contributed by atoms with Crippen molar-refractivity contribution >= 4 is 0 Å². The molecule has 1 aliphatic rings. The van der Waals surface area contributed by atoms with E-state index in [0.29, 0.717) is 13.2 Å². The van der Waals surface area contributed by atoms with Crippen LogP contribution in [0, 0.1) is 0 Å². The van der Waals surface area contributed by atoms with Crippen LogP contribution in [0.3, 0.4) is 0 Å². The van der Waals surface area contributed by atoms with Crippen LogP contribution in [0.1, 0.15) is 18.1 Å². The summed E-state index contributed by atoms with van der Waals surface area (Å²) in [7, 11) is 0. The first kappa shape index (κ1) is 12.4. The highest BCUT2D eigenvalue weighted by atomic mass is 16.5. The summed E-state index contributed by atoms with van der Waals surface area (Å²) in [5.41, 5.74) is 4.36. The summed E-state index contributed by atoms with van der Waals surface area (Å²) in [6.45, 7) is 3.24. The lowest BCUT2D eigenvalue weighted by atomic mass is 9.80. The molecule has 0 saturated carbocycles. The molecule has 0 amide bonds. The molecular formula is C17H18O2. The van der Waals surface area contributed by atoms with Gasteiger partial charge in [-0.15, -0.1) is 0 Å². The van der Waals surface area contributed by atoms with Crippen LogP contribution in [0.2, 0.25) is 0 Å². The molecule has 0 heterocycles. The Kier molecular flexibility index (Phi) is 3.13. The number of hydrogen-bond acceptors (Lipinski definition) is 2. The minimum atomic E-state index is -0.413. The van der Waals surface area contributed by atoms with Gasteiger partial charge in [0.05, 0.1) is 18.6 Å². The lowest BCUT2D eigenvalue weighted by molar-refractivity contribution is 0.0779. The van der Waals surface area contributed by atoms with Crippen LogP contribution in [0.25, 0.3) is 11.1 Å². The van der Waals surface area contributed by atoms with Gasteiger partial charge in [-0.25, -0.2) is 0 Å². The zero-order valence-corrected chi connectivity index (χ0v) is 11.1. The van der Waals surface area contributed by atoms with Crippen molar-refractivity contribution in [3.05, 3.63) is 59.7 Å². The Hall–Kier alpha value is -1.64. The normalized spacial score (nSPS) is 15.1. The maximum absolute atomic E-state index is 10.1. The quantitative estimate of drug-likeness (QED) is 0.909. The highest BCUT2D eigenvalue weighted by molar-refractivity contribution is 5.81. The molecule has 19 heavy (non-hydrogen) atoms. The molecule has 0 atom stereocenters. The molecule has 0 aromatic heterocycles. The summed E-state index contributed by atoms with van der Waals surface area (Å²) in [6, 6.07) is 16.6. The van der Waals surface area contributed by atoms with E-state index in [1.165, 1.54) is 22.3 Å². The molecular weight excluding hydrogens is 236 g/mol. The van der Waals surface area contributed by atoms with Crippen molar-refractivity contribution in [2.75, 3.05) is 19.8 Å². The van der Waals surface area contributed by atoms with Gasteiger partial charge in [-0.05, 0) is 29.2 Å². The first-order valence-corrected chi connectivity index (χ1v) is 6.71. The number of fused-ring (bicyclic) bond motifs is 3. The van der Waals surface area contributed by atoms with E-state index in [1.807, 2.05) is 31.2 Å². The van der Waals surface area contributed by atoms with Crippen LogP contribution in [0.15, 0.2) is 48.5 Å². The van der Waals surface area contributed by atoms with Gasteiger partial charge in [0.2, 0.25) is 0 Å². The first-order valence-electron chi connectivity index (χ1n) is 6.71. The molecule has 0 radical (unpaired) electrons. The highest BCUT2D eigenvalue weighted by Crippen LogP contribution is 2.48. The van der Waals surface area contributed by atoms with Crippen LogP contribution in [-0.4, -0.2) is 24.9 Å². The Morgan fingerprint density at radius 1 is 0.947 bits per heavy atom. The lowest BCUT2D eigenvalue weighted by Crippen LogP contribution is -2.35. The SMILES string of the molecule is CCOCC1(CO)c2ccccc2-c2ccccc21. The van der Waals surface area contributed by atoms with Crippen molar-refractivity contribution in [1.82, 2.24) is 0 Å². The highest BCUT2D eigenvalue weighted by Gasteiger charge is 2.42. The third-order valence-electron chi connectivity index (χ3n) is 4.00. The molecule has 1 N–H and O–H groups in total. The van der Waals surface area contributed by atoms with Gasteiger partial charge < -0.3 is 9.84 Å². The summed E-state index contributed by atoms with van der Waals surface area (Å²) in [5, 5.41) is 10.1. The molecule has 0 fully saturated rings. The van der Waals surface area contributed by atoms with Crippen molar-refractivity contribution in [3.63, 3.8) is 0 Å². The monoisotopic (exact) mass is 254 g/mol. The van der Waals surface area contributed by atoms with Gasteiger partial charge in [-0.2, -0.15) is 0 Å². The molecule has 0 spiro atoms. The Bertz CT molecular complexity index is 544. The van der Waals surface area contributed by atoms with Crippen molar-refractivity contribution in [3.8, 4) is 11.1 Å². The second kappa shape index (κ2) is 4.80. The molecule has 0 saturated heterocycles. The number of aliphatic hydroxyl groups is 1. The van der Waals surface area contributed by atoms with Crippen molar-refractivity contribution in [2.45, 2.75) is 12.3 Å². The lowest BCUT2D eigenvalue weighted by Gasteiger charge is -2.29. The maximum Gasteiger partial charge on any atom is 0.0678 e. The van der Waals surface area contributed by atoms with Gasteiger partial charge in [0, 0.05) is 6.61 Å². The van der Waals surface area contributed by atoms with Gasteiger partial charge in [-0.1, -0.05) is 48.5 Å².